The molecule has 0 saturated heterocycles. The highest BCUT2D eigenvalue weighted by Gasteiger charge is 2.16. The van der Waals surface area contributed by atoms with Gasteiger partial charge in [0.2, 0.25) is 5.95 Å². The van der Waals surface area contributed by atoms with Gasteiger partial charge in [-0.1, -0.05) is 48.0 Å². The number of aromatic nitrogens is 4. The summed E-state index contributed by atoms with van der Waals surface area (Å²) in [4.78, 5) is 30.7. The molecule has 0 unspecified atom stereocenters. The maximum atomic E-state index is 12.3. The van der Waals surface area contributed by atoms with Gasteiger partial charge in [-0.25, -0.2) is 10.2 Å². The smallest absolute Gasteiger partial charge is 0.299 e. The number of benzene rings is 1. The van der Waals surface area contributed by atoms with Gasteiger partial charge in [0, 0.05) is 18.6 Å². The second-order valence-electron chi connectivity index (χ2n) is 5.61. The van der Waals surface area contributed by atoms with E-state index in [1.165, 1.54) is 11.6 Å². The molecular formula is C17H17ClN6O2. The van der Waals surface area contributed by atoms with Crippen molar-refractivity contribution < 1.29 is 0 Å². The third-order valence-electron chi connectivity index (χ3n) is 3.74. The third-order valence-corrected chi connectivity index (χ3v) is 3.89. The number of imidazole rings is 1. The molecule has 0 radical (unpaired) electrons. The summed E-state index contributed by atoms with van der Waals surface area (Å²) in [7, 11) is 1.54. The number of halogens is 1. The number of anilines is 1. The zero-order chi connectivity index (χ0) is 18.7. The van der Waals surface area contributed by atoms with Crippen LogP contribution in [0.4, 0.5) is 5.95 Å². The van der Waals surface area contributed by atoms with Crippen LogP contribution in [-0.2, 0) is 13.6 Å². The number of aromatic amines is 1. The average molecular weight is 373 g/mol. The summed E-state index contributed by atoms with van der Waals surface area (Å²) in [6, 6.07) is 9.53. The van der Waals surface area contributed by atoms with E-state index in [9.17, 15) is 9.59 Å². The van der Waals surface area contributed by atoms with E-state index < -0.39 is 11.2 Å². The van der Waals surface area contributed by atoms with Gasteiger partial charge in [0.1, 0.15) is 0 Å². The standard InChI is InChI=1S/C17H17ClN6O2/c1-11(18)8-9-24-13-14(23(2)17(26)21-15(13)25)20-16(24)22-19-10-12-6-4-3-5-7-12/h3-8,10H,9H2,1-2H3,(H,20,22)(H,21,25,26)/b11-8-,19-10-. The van der Waals surface area contributed by atoms with E-state index in [0.717, 1.165) is 5.56 Å². The molecule has 2 heterocycles. The minimum absolute atomic E-state index is 0.261. The normalized spacial score (nSPS) is 12.2. The predicted octanol–water partition coefficient (Wildman–Crippen LogP) is 2.01. The number of hydrazone groups is 1. The molecule has 26 heavy (non-hydrogen) atoms. The Balaban J connectivity index is 2.07. The van der Waals surface area contributed by atoms with Crippen LogP contribution in [0.3, 0.4) is 0 Å². The van der Waals surface area contributed by atoms with Crippen molar-refractivity contribution in [2.75, 3.05) is 5.43 Å². The fraction of sp³-hybridized carbons (Fsp3) is 0.176. The van der Waals surface area contributed by atoms with E-state index in [0.29, 0.717) is 17.5 Å². The first-order valence-electron chi connectivity index (χ1n) is 7.83. The molecule has 0 bridgehead atoms. The van der Waals surface area contributed by atoms with Crippen molar-refractivity contribution >= 4 is 34.9 Å². The van der Waals surface area contributed by atoms with Crippen LogP contribution in [0.5, 0.6) is 0 Å². The molecule has 9 heteroatoms. The number of nitrogens with one attached hydrogen (secondary N) is 2. The number of aryl methyl sites for hydroxylation is 1. The first kappa shape index (κ1) is 17.7. The summed E-state index contributed by atoms with van der Waals surface area (Å²) in [6.07, 6.45) is 3.37. The van der Waals surface area contributed by atoms with E-state index >= 15 is 0 Å². The minimum atomic E-state index is -0.532. The molecule has 0 spiro atoms. The summed E-state index contributed by atoms with van der Waals surface area (Å²) >= 11 is 5.92. The Kier molecular flexibility index (Phi) is 5.04. The molecule has 0 saturated carbocycles. The van der Waals surface area contributed by atoms with Gasteiger partial charge in [0.05, 0.1) is 6.21 Å². The Morgan fingerprint density at radius 2 is 2.08 bits per heavy atom. The molecule has 3 aromatic rings. The highest BCUT2D eigenvalue weighted by Crippen LogP contribution is 2.16. The Labute approximate surface area is 153 Å². The van der Waals surface area contributed by atoms with Gasteiger partial charge >= 0.3 is 5.69 Å². The SMILES string of the molecule is C/C(Cl)=C/Cn1c(N/N=C\c2ccccc2)nc2c1c(=O)[nH]c(=O)n2C. The van der Waals surface area contributed by atoms with Gasteiger partial charge in [-0.05, 0) is 12.5 Å². The lowest BCUT2D eigenvalue weighted by Crippen LogP contribution is -2.29. The summed E-state index contributed by atoms with van der Waals surface area (Å²) in [6.45, 7) is 2.04. The van der Waals surface area contributed by atoms with Crippen molar-refractivity contribution in [2.45, 2.75) is 13.5 Å². The molecule has 0 aliphatic rings. The first-order chi connectivity index (χ1) is 12.5. The lowest BCUT2D eigenvalue weighted by atomic mass is 10.2. The maximum Gasteiger partial charge on any atom is 0.329 e. The number of allylic oxidation sites excluding steroid dienone is 2. The van der Waals surface area contributed by atoms with Crippen molar-refractivity contribution in [3.63, 3.8) is 0 Å². The quantitative estimate of drug-likeness (QED) is 0.529. The van der Waals surface area contributed by atoms with Crippen LogP contribution < -0.4 is 16.7 Å². The zero-order valence-electron chi connectivity index (χ0n) is 14.2. The van der Waals surface area contributed by atoms with Crippen LogP contribution in [-0.4, -0.2) is 25.3 Å². The number of fused-ring (bicyclic) bond motifs is 1. The molecule has 2 N–H and O–H groups in total. The lowest BCUT2D eigenvalue weighted by Gasteiger charge is -2.05. The monoisotopic (exact) mass is 372 g/mol. The highest BCUT2D eigenvalue weighted by atomic mass is 35.5. The van der Waals surface area contributed by atoms with Gasteiger partial charge in [0.25, 0.3) is 5.56 Å². The van der Waals surface area contributed by atoms with Crippen molar-refractivity contribution in [3.8, 4) is 0 Å². The molecule has 0 aliphatic carbocycles. The number of nitrogens with zero attached hydrogens (tertiary/aromatic N) is 4. The topological polar surface area (TPSA) is 97.1 Å². The van der Waals surface area contributed by atoms with Crippen LogP contribution >= 0.6 is 11.6 Å². The van der Waals surface area contributed by atoms with Gasteiger partial charge in [0.15, 0.2) is 11.2 Å². The van der Waals surface area contributed by atoms with Crippen molar-refractivity contribution in [2.24, 2.45) is 12.1 Å². The van der Waals surface area contributed by atoms with E-state index in [1.807, 2.05) is 30.3 Å². The molecule has 0 fully saturated rings. The zero-order valence-corrected chi connectivity index (χ0v) is 15.0. The number of hydrogen-bond acceptors (Lipinski definition) is 5. The summed E-state index contributed by atoms with van der Waals surface area (Å²) < 4.78 is 2.89. The first-order valence-corrected chi connectivity index (χ1v) is 8.21. The molecule has 0 aliphatic heterocycles. The fourth-order valence-electron chi connectivity index (χ4n) is 2.42. The van der Waals surface area contributed by atoms with Gasteiger partial charge in [-0.2, -0.15) is 10.1 Å². The number of rotatable bonds is 5. The molecular weight excluding hydrogens is 356 g/mol. The second-order valence-corrected chi connectivity index (χ2v) is 6.20. The summed E-state index contributed by atoms with van der Waals surface area (Å²) in [5.74, 6) is 0.327. The van der Waals surface area contributed by atoms with Crippen LogP contribution in [0.1, 0.15) is 12.5 Å². The van der Waals surface area contributed by atoms with Crippen molar-refractivity contribution in [1.82, 2.24) is 19.1 Å². The van der Waals surface area contributed by atoms with Crippen LogP contribution in [0.2, 0.25) is 0 Å². The average Bonchev–Trinajstić information content (AvgIpc) is 2.98. The van der Waals surface area contributed by atoms with Gasteiger partial charge in [-0.3, -0.25) is 18.9 Å². The minimum Gasteiger partial charge on any atom is -0.299 e. The van der Waals surface area contributed by atoms with Crippen LogP contribution in [0.25, 0.3) is 11.2 Å². The molecule has 1 aromatic carbocycles. The van der Waals surface area contributed by atoms with Crippen LogP contribution in [0, 0.1) is 0 Å². The van der Waals surface area contributed by atoms with E-state index in [2.05, 4.69) is 20.5 Å². The van der Waals surface area contributed by atoms with Crippen LogP contribution in [0.15, 0.2) is 56.1 Å². The predicted molar refractivity (Wildman–Crippen MR) is 103 cm³/mol. The third kappa shape index (κ3) is 3.60. The van der Waals surface area contributed by atoms with E-state index in [1.54, 1.807) is 23.8 Å². The highest BCUT2D eigenvalue weighted by molar-refractivity contribution is 6.29. The number of hydrogen-bond donors (Lipinski definition) is 2. The Morgan fingerprint density at radius 1 is 1.35 bits per heavy atom. The molecule has 0 atom stereocenters. The van der Waals surface area contributed by atoms with Gasteiger partial charge in [-0.15, -0.1) is 0 Å². The van der Waals surface area contributed by atoms with E-state index in [4.69, 9.17) is 11.6 Å². The lowest BCUT2D eigenvalue weighted by molar-refractivity contribution is 0.818. The largest absolute Gasteiger partial charge is 0.329 e. The number of H-pyrrole nitrogens is 1. The second kappa shape index (κ2) is 7.40. The van der Waals surface area contributed by atoms with Gasteiger partial charge < -0.3 is 0 Å². The molecule has 134 valence electrons. The van der Waals surface area contributed by atoms with E-state index in [-0.39, 0.29) is 11.2 Å². The van der Waals surface area contributed by atoms with Crippen molar-refractivity contribution in [3.05, 3.63) is 67.8 Å². The Hall–Kier alpha value is -3.13. The van der Waals surface area contributed by atoms with Crippen molar-refractivity contribution in [1.29, 1.82) is 0 Å². The molecule has 3 rings (SSSR count). The maximum absolute atomic E-state index is 12.3. The molecule has 0 amide bonds. The Bertz CT molecular complexity index is 1100. The summed E-state index contributed by atoms with van der Waals surface area (Å²) in [5, 5.41) is 4.74. The Morgan fingerprint density at radius 3 is 2.77 bits per heavy atom. The molecule has 2 aromatic heterocycles. The fourth-order valence-corrected chi connectivity index (χ4v) is 2.49. The molecule has 8 nitrogen and oxygen atoms in total. The summed E-state index contributed by atoms with van der Waals surface area (Å²) in [5.41, 5.74) is 3.21.